The molecule has 120 valence electrons. The average molecular weight is 295 g/mol. The van der Waals surface area contributed by atoms with Crippen LogP contribution in [0.2, 0.25) is 0 Å². The Morgan fingerprint density at radius 3 is 2.67 bits per heavy atom. The molecule has 0 spiro atoms. The fourth-order valence-corrected chi connectivity index (χ4v) is 2.43. The fourth-order valence-electron chi connectivity index (χ4n) is 2.43. The van der Waals surface area contributed by atoms with E-state index in [4.69, 9.17) is 4.74 Å². The molecular formula is C18H30FNO. The molecule has 2 atom stereocenters. The van der Waals surface area contributed by atoms with Crippen molar-refractivity contribution < 1.29 is 9.13 Å². The molecule has 0 aliphatic carbocycles. The predicted molar refractivity (Wildman–Crippen MR) is 87.0 cm³/mol. The molecule has 0 bridgehead atoms. The normalized spacial score (nSPS) is 14.1. The Labute approximate surface area is 129 Å². The van der Waals surface area contributed by atoms with Gasteiger partial charge in [0.05, 0.1) is 12.2 Å². The maximum Gasteiger partial charge on any atom is 0.123 e. The molecule has 0 saturated carbocycles. The molecule has 21 heavy (non-hydrogen) atoms. The Hall–Kier alpha value is -0.930. The number of unbranched alkanes of at least 4 members (excludes halogenated alkanes) is 3. The number of likely N-dealkylation sites (N-methyl/N-ethyl adjacent to an activating group) is 1. The van der Waals surface area contributed by atoms with Crippen LogP contribution in [0, 0.1) is 5.82 Å². The van der Waals surface area contributed by atoms with E-state index in [-0.39, 0.29) is 18.0 Å². The summed E-state index contributed by atoms with van der Waals surface area (Å²) in [6, 6.07) is 6.74. The second-order valence-electron chi connectivity index (χ2n) is 5.65. The number of nitrogens with one attached hydrogen (secondary N) is 1. The maximum atomic E-state index is 13.4. The summed E-state index contributed by atoms with van der Waals surface area (Å²) in [6.45, 7) is 8.01. The van der Waals surface area contributed by atoms with Gasteiger partial charge in [0.2, 0.25) is 0 Å². The van der Waals surface area contributed by atoms with E-state index in [0.29, 0.717) is 0 Å². The zero-order valence-corrected chi connectivity index (χ0v) is 13.7. The van der Waals surface area contributed by atoms with E-state index < -0.39 is 0 Å². The van der Waals surface area contributed by atoms with Crippen LogP contribution in [0.3, 0.4) is 0 Å². The zero-order chi connectivity index (χ0) is 15.5. The van der Waals surface area contributed by atoms with Crippen molar-refractivity contribution >= 4 is 0 Å². The summed E-state index contributed by atoms with van der Waals surface area (Å²) < 4.78 is 19.5. The van der Waals surface area contributed by atoms with Crippen LogP contribution < -0.4 is 5.32 Å². The van der Waals surface area contributed by atoms with Gasteiger partial charge in [-0.3, -0.25) is 0 Å². The number of hydrogen-bond donors (Lipinski definition) is 1. The quantitative estimate of drug-likeness (QED) is 0.589. The third-order valence-corrected chi connectivity index (χ3v) is 3.66. The summed E-state index contributed by atoms with van der Waals surface area (Å²) >= 11 is 0. The van der Waals surface area contributed by atoms with Crippen molar-refractivity contribution in [2.24, 2.45) is 0 Å². The second kappa shape index (κ2) is 10.7. The number of ether oxygens (including phenoxy) is 1. The first kappa shape index (κ1) is 18.1. The zero-order valence-electron chi connectivity index (χ0n) is 13.7. The molecule has 0 heterocycles. The Balaban J connectivity index is 2.53. The number of benzene rings is 1. The molecule has 0 aliphatic heterocycles. The first-order valence-corrected chi connectivity index (χ1v) is 8.29. The van der Waals surface area contributed by atoms with Crippen molar-refractivity contribution in [3.05, 3.63) is 35.6 Å². The minimum Gasteiger partial charge on any atom is -0.369 e. The van der Waals surface area contributed by atoms with E-state index in [1.165, 1.54) is 31.7 Å². The molecule has 1 N–H and O–H groups in total. The molecule has 0 radical (unpaired) electrons. The third-order valence-electron chi connectivity index (χ3n) is 3.66. The number of halogens is 1. The molecule has 0 fully saturated rings. The van der Waals surface area contributed by atoms with Crippen LogP contribution in [0.25, 0.3) is 0 Å². The van der Waals surface area contributed by atoms with Crippen molar-refractivity contribution in [2.45, 2.75) is 65.1 Å². The third kappa shape index (κ3) is 7.58. The van der Waals surface area contributed by atoms with Gasteiger partial charge in [0.15, 0.2) is 0 Å². The Kier molecular flexibility index (Phi) is 9.27. The van der Waals surface area contributed by atoms with E-state index in [1.807, 2.05) is 6.07 Å². The smallest absolute Gasteiger partial charge is 0.123 e. The van der Waals surface area contributed by atoms with Gasteiger partial charge < -0.3 is 10.1 Å². The predicted octanol–water partition coefficient (Wildman–Crippen LogP) is 4.85. The summed E-state index contributed by atoms with van der Waals surface area (Å²) in [5.74, 6) is -0.201. The van der Waals surface area contributed by atoms with Crippen molar-refractivity contribution in [2.75, 3.05) is 13.1 Å². The summed E-state index contributed by atoms with van der Waals surface area (Å²) in [5.41, 5.74) is 0.913. The van der Waals surface area contributed by atoms with E-state index in [0.717, 1.165) is 25.1 Å². The van der Waals surface area contributed by atoms with E-state index in [1.54, 1.807) is 12.1 Å². The minimum absolute atomic E-state index is 0.0816. The molecule has 0 amide bonds. The Morgan fingerprint density at radius 2 is 2.00 bits per heavy atom. The lowest BCUT2D eigenvalue weighted by Gasteiger charge is -2.23. The molecule has 0 aliphatic rings. The Morgan fingerprint density at radius 1 is 1.19 bits per heavy atom. The van der Waals surface area contributed by atoms with Crippen LogP contribution >= 0.6 is 0 Å². The van der Waals surface area contributed by atoms with E-state index >= 15 is 0 Å². The van der Waals surface area contributed by atoms with Gasteiger partial charge in [-0.25, -0.2) is 4.39 Å². The van der Waals surface area contributed by atoms with Gasteiger partial charge in [-0.2, -0.15) is 0 Å². The van der Waals surface area contributed by atoms with Crippen LogP contribution in [-0.2, 0) is 4.74 Å². The lowest BCUT2D eigenvalue weighted by molar-refractivity contribution is -0.00798. The summed E-state index contributed by atoms with van der Waals surface area (Å²) in [7, 11) is 0. The van der Waals surface area contributed by atoms with Gasteiger partial charge >= 0.3 is 0 Å². The summed E-state index contributed by atoms with van der Waals surface area (Å²) in [5, 5.41) is 3.30. The first-order chi connectivity index (χ1) is 10.2. The van der Waals surface area contributed by atoms with E-state index in [2.05, 4.69) is 26.1 Å². The van der Waals surface area contributed by atoms with Crippen LogP contribution in [0.5, 0.6) is 0 Å². The monoisotopic (exact) mass is 295 g/mol. The highest BCUT2D eigenvalue weighted by Crippen LogP contribution is 2.21. The number of rotatable bonds is 11. The highest BCUT2D eigenvalue weighted by atomic mass is 19.1. The summed E-state index contributed by atoms with van der Waals surface area (Å²) in [4.78, 5) is 0. The van der Waals surface area contributed by atoms with Crippen molar-refractivity contribution in [3.8, 4) is 0 Å². The van der Waals surface area contributed by atoms with Crippen LogP contribution in [0.4, 0.5) is 4.39 Å². The highest BCUT2D eigenvalue weighted by molar-refractivity contribution is 5.19. The molecule has 3 heteroatoms. The van der Waals surface area contributed by atoms with Gasteiger partial charge in [-0.15, -0.1) is 0 Å². The minimum atomic E-state index is -0.201. The highest BCUT2D eigenvalue weighted by Gasteiger charge is 2.15. The molecule has 1 aromatic rings. The van der Waals surface area contributed by atoms with Crippen molar-refractivity contribution in [1.29, 1.82) is 0 Å². The lowest BCUT2D eigenvalue weighted by atomic mass is 10.1. The maximum absolute atomic E-state index is 13.4. The van der Waals surface area contributed by atoms with Crippen molar-refractivity contribution in [3.63, 3.8) is 0 Å². The number of hydrogen-bond acceptors (Lipinski definition) is 2. The largest absolute Gasteiger partial charge is 0.369 e. The SMILES string of the molecule is CCCCCCC(C)OC(CNCC)c1cccc(F)c1. The second-order valence-corrected chi connectivity index (χ2v) is 5.65. The van der Waals surface area contributed by atoms with Gasteiger partial charge in [0, 0.05) is 6.54 Å². The van der Waals surface area contributed by atoms with Gasteiger partial charge in [-0.05, 0) is 37.6 Å². The summed E-state index contributed by atoms with van der Waals surface area (Å²) in [6.07, 6.45) is 6.20. The Bertz CT molecular complexity index is 383. The van der Waals surface area contributed by atoms with Gasteiger partial charge in [-0.1, -0.05) is 51.7 Å². The van der Waals surface area contributed by atoms with Gasteiger partial charge in [0.1, 0.15) is 5.82 Å². The molecule has 0 aromatic heterocycles. The molecule has 1 rings (SSSR count). The van der Waals surface area contributed by atoms with Crippen LogP contribution in [0.1, 0.15) is 64.5 Å². The topological polar surface area (TPSA) is 21.3 Å². The van der Waals surface area contributed by atoms with Crippen molar-refractivity contribution in [1.82, 2.24) is 5.32 Å². The fraction of sp³-hybridized carbons (Fsp3) is 0.667. The molecular weight excluding hydrogens is 265 g/mol. The molecule has 2 unspecified atom stereocenters. The lowest BCUT2D eigenvalue weighted by Crippen LogP contribution is -2.26. The average Bonchev–Trinajstić information content (AvgIpc) is 2.48. The van der Waals surface area contributed by atoms with Crippen LogP contribution in [-0.4, -0.2) is 19.2 Å². The van der Waals surface area contributed by atoms with E-state index in [9.17, 15) is 4.39 Å². The van der Waals surface area contributed by atoms with Gasteiger partial charge in [0.25, 0.3) is 0 Å². The molecule has 1 aromatic carbocycles. The standard InChI is InChI=1S/C18H30FNO/c1-4-6-7-8-10-15(3)21-18(14-20-5-2)16-11-9-12-17(19)13-16/h9,11-13,15,18,20H,4-8,10,14H2,1-3H3. The first-order valence-electron chi connectivity index (χ1n) is 8.29. The van der Waals surface area contributed by atoms with Crippen LogP contribution in [0.15, 0.2) is 24.3 Å². The molecule has 2 nitrogen and oxygen atoms in total. The molecule has 0 saturated heterocycles.